The van der Waals surface area contributed by atoms with Gasteiger partial charge in [0, 0.05) is 29.7 Å². The molecule has 5 nitrogen and oxygen atoms in total. The predicted octanol–water partition coefficient (Wildman–Crippen LogP) is 3.80. The molecule has 3 aromatic rings. The first kappa shape index (κ1) is 17.2. The van der Waals surface area contributed by atoms with Crippen molar-refractivity contribution in [3.8, 4) is 5.75 Å². The summed E-state index contributed by atoms with van der Waals surface area (Å²) in [5, 5.41) is 1.98. The summed E-state index contributed by atoms with van der Waals surface area (Å²) in [5.74, 6) is 0.911. The van der Waals surface area contributed by atoms with Gasteiger partial charge in [0.25, 0.3) is 5.56 Å². The van der Waals surface area contributed by atoms with Gasteiger partial charge in [-0.2, -0.15) is 0 Å². The molecule has 0 spiro atoms. The fourth-order valence-corrected chi connectivity index (χ4v) is 4.63. The maximum Gasteiger partial charge on any atom is 0.259 e. The lowest BCUT2D eigenvalue weighted by Crippen LogP contribution is -2.25. The van der Waals surface area contributed by atoms with Crippen molar-refractivity contribution < 1.29 is 4.74 Å². The number of likely N-dealkylation sites (tertiary alicyclic amines) is 1. The van der Waals surface area contributed by atoms with Crippen LogP contribution in [0.15, 0.2) is 40.5 Å². The maximum absolute atomic E-state index is 12.4. The Morgan fingerprint density at radius 2 is 2.12 bits per heavy atom. The van der Waals surface area contributed by atoms with Crippen LogP contribution in [-0.4, -0.2) is 27.4 Å². The highest BCUT2D eigenvalue weighted by Crippen LogP contribution is 2.33. The summed E-state index contributed by atoms with van der Waals surface area (Å²) in [6.07, 6.45) is 2.30. The number of nitrogens with zero attached hydrogens (tertiary/aromatic N) is 3. The molecule has 136 valence electrons. The lowest BCUT2D eigenvalue weighted by molar-refractivity contribution is 0.245. The van der Waals surface area contributed by atoms with Gasteiger partial charge in [0.2, 0.25) is 0 Å². The summed E-state index contributed by atoms with van der Waals surface area (Å²) >= 11 is 1.52. The monoisotopic (exact) mass is 369 g/mol. The van der Waals surface area contributed by atoms with Crippen LogP contribution in [-0.2, 0) is 6.54 Å². The van der Waals surface area contributed by atoms with E-state index in [9.17, 15) is 4.79 Å². The average molecular weight is 369 g/mol. The predicted molar refractivity (Wildman–Crippen MR) is 104 cm³/mol. The molecule has 0 saturated carbocycles. The summed E-state index contributed by atoms with van der Waals surface area (Å²) in [6, 6.07) is 10.4. The Labute approximate surface area is 156 Å². The zero-order chi connectivity index (χ0) is 18.1. The highest BCUT2D eigenvalue weighted by atomic mass is 32.1. The van der Waals surface area contributed by atoms with Crippen molar-refractivity contribution in [1.29, 1.82) is 0 Å². The number of rotatable bonds is 5. The fourth-order valence-electron chi connectivity index (χ4n) is 3.74. The van der Waals surface area contributed by atoms with Crippen molar-refractivity contribution in [2.24, 2.45) is 0 Å². The minimum atomic E-state index is 0.0144. The largest absolute Gasteiger partial charge is 0.494 e. The van der Waals surface area contributed by atoms with Crippen molar-refractivity contribution in [2.75, 3.05) is 13.2 Å². The molecule has 1 aromatic carbocycles. The van der Waals surface area contributed by atoms with Crippen LogP contribution >= 0.6 is 11.3 Å². The molecule has 1 aliphatic rings. The molecule has 1 saturated heterocycles. The second-order valence-corrected chi connectivity index (χ2v) is 7.55. The number of hydrogen-bond acceptors (Lipinski definition) is 5. The SMILES string of the molecule is CCOc1ccc(C2CCCN2Cc2cc(=O)n3c(C)csc3n2)cc1. The number of ether oxygens (including phenoxy) is 1. The minimum absolute atomic E-state index is 0.0144. The summed E-state index contributed by atoms with van der Waals surface area (Å²) < 4.78 is 7.23. The first-order valence-corrected chi connectivity index (χ1v) is 9.97. The van der Waals surface area contributed by atoms with Gasteiger partial charge in [0.15, 0.2) is 4.96 Å². The maximum atomic E-state index is 12.4. The van der Waals surface area contributed by atoms with Crippen molar-refractivity contribution in [1.82, 2.24) is 14.3 Å². The molecule has 3 heterocycles. The summed E-state index contributed by atoms with van der Waals surface area (Å²) in [7, 11) is 0. The molecule has 1 unspecified atom stereocenters. The molecule has 0 aliphatic carbocycles. The second-order valence-electron chi connectivity index (χ2n) is 6.71. The Balaban J connectivity index is 1.56. The van der Waals surface area contributed by atoms with E-state index in [1.165, 1.54) is 16.9 Å². The molecular formula is C20H23N3O2S. The van der Waals surface area contributed by atoms with Gasteiger partial charge in [-0.05, 0) is 50.9 Å². The minimum Gasteiger partial charge on any atom is -0.494 e. The highest BCUT2D eigenvalue weighted by molar-refractivity contribution is 7.15. The number of aromatic nitrogens is 2. The van der Waals surface area contributed by atoms with Crippen LogP contribution in [0, 0.1) is 6.92 Å². The zero-order valence-corrected chi connectivity index (χ0v) is 16.0. The smallest absolute Gasteiger partial charge is 0.259 e. The summed E-state index contributed by atoms with van der Waals surface area (Å²) in [4.78, 5) is 20.3. The van der Waals surface area contributed by atoms with Gasteiger partial charge in [-0.25, -0.2) is 4.98 Å². The van der Waals surface area contributed by atoms with E-state index in [4.69, 9.17) is 9.72 Å². The topological polar surface area (TPSA) is 46.8 Å². The van der Waals surface area contributed by atoms with E-state index in [1.54, 1.807) is 10.5 Å². The molecule has 0 amide bonds. The molecule has 0 radical (unpaired) electrons. The Bertz CT molecular complexity index is 961. The van der Waals surface area contributed by atoms with Crippen LogP contribution in [0.5, 0.6) is 5.75 Å². The van der Waals surface area contributed by atoms with Gasteiger partial charge in [0.1, 0.15) is 5.75 Å². The van der Waals surface area contributed by atoms with Crippen molar-refractivity contribution in [3.05, 3.63) is 63.0 Å². The Kier molecular flexibility index (Phi) is 4.78. The molecule has 0 N–H and O–H groups in total. The van der Waals surface area contributed by atoms with Crippen LogP contribution in [0.2, 0.25) is 0 Å². The van der Waals surface area contributed by atoms with E-state index in [0.717, 1.165) is 41.5 Å². The van der Waals surface area contributed by atoms with Gasteiger partial charge >= 0.3 is 0 Å². The van der Waals surface area contributed by atoms with E-state index in [1.807, 2.05) is 31.4 Å². The van der Waals surface area contributed by atoms with Gasteiger partial charge in [-0.3, -0.25) is 14.1 Å². The van der Waals surface area contributed by atoms with E-state index < -0.39 is 0 Å². The summed E-state index contributed by atoms with van der Waals surface area (Å²) in [5.41, 5.74) is 3.12. The standard InChI is InChI=1S/C20H23N3O2S/c1-3-25-17-8-6-15(7-9-17)18-5-4-10-22(18)12-16-11-19(24)23-14(2)13-26-20(23)21-16/h6-9,11,13,18H,3-5,10,12H2,1-2H3. The van der Waals surface area contributed by atoms with Crippen LogP contribution in [0.3, 0.4) is 0 Å². The van der Waals surface area contributed by atoms with Crippen molar-refractivity contribution >= 4 is 16.3 Å². The van der Waals surface area contributed by atoms with Crippen LogP contribution in [0.1, 0.15) is 42.8 Å². The Morgan fingerprint density at radius 3 is 2.88 bits per heavy atom. The molecular weight excluding hydrogens is 346 g/mol. The van der Waals surface area contributed by atoms with Gasteiger partial charge in [0.05, 0.1) is 12.3 Å². The summed E-state index contributed by atoms with van der Waals surface area (Å²) in [6.45, 7) is 6.35. The van der Waals surface area contributed by atoms with Gasteiger partial charge in [-0.15, -0.1) is 11.3 Å². The third-order valence-electron chi connectivity index (χ3n) is 4.93. The normalized spacial score (nSPS) is 17.8. The van der Waals surface area contributed by atoms with Crippen LogP contribution in [0.25, 0.3) is 4.96 Å². The Morgan fingerprint density at radius 1 is 1.31 bits per heavy atom. The van der Waals surface area contributed by atoms with E-state index in [-0.39, 0.29) is 5.56 Å². The quantitative estimate of drug-likeness (QED) is 0.686. The van der Waals surface area contributed by atoms with E-state index in [0.29, 0.717) is 19.2 Å². The number of aryl methyl sites for hydroxylation is 1. The zero-order valence-electron chi connectivity index (χ0n) is 15.1. The first-order valence-electron chi connectivity index (χ1n) is 9.09. The molecule has 2 aromatic heterocycles. The molecule has 4 rings (SSSR count). The Hall–Kier alpha value is -2.18. The number of benzene rings is 1. The average Bonchev–Trinajstić information content (AvgIpc) is 3.23. The number of thiazole rings is 1. The fraction of sp³-hybridized carbons (Fsp3) is 0.400. The third-order valence-corrected chi connectivity index (χ3v) is 5.88. The van der Waals surface area contributed by atoms with Crippen LogP contribution in [0.4, 0.5) is 0 Å². The first-order chi connectivity index (χ1) is 12.7. The number of fused-ring (bicyclic) bond motifs is 1. The highest BCUT2D eigenvalue weighted by Gasteiger charge is 2.26. The molecule has 1 fully saturated rings. The molecule has 1 aliphatic heterocycles. The van der Waals surface area contributed by atoms with Gasteiger partial charge < -0.3 is 4.74 Å². The van der Waals surface area contributed by atoms with Gasteiger partial charge in [-0.1, -0.05) is 12.1 Å². The van der Waals surface area contributed by atoms with E-state index in [2.05, 4.69) is 17.0 Å². The lowest BCUT2D eigenvalue weighted by Gasteiger charge is -2.24. The second kappa shape index (κ2) is 7.21. The van der Waals surface area contributed by atoms with Crippen molar-refractivity contribution in [3.63, 3.8) is 0 Å². The molecule has 1 atom stereocenters. The molecule has 26 heavy (non-hydrogen) atoms. The number of hydrogen-bond donors (Lipinski definition) is 0. The third kappa shape index (κ3) is 3.27. The van der Waals surface area contributed by atoms with E-state index >= 15 is 0 Å². The van der Waals surface area contributed by atoms with Crippen molar-refractivity contribution in [2.45, 2.75) is 39.3 Å². The van der Waals surface area contributed by atoms with Crippen LogP contribution < -0.4 is 10.3 Å². The lowest BCUT2D eigenvalue weighted by atomic mass is 10.0. The molecule has 0 bridgehead atoms. The molecule has 6 heteroatoms.